The zero-order chi connectivity index (χ0) is 13.7. The van der Waals surface area contributed by atoms with E-state index in [0.29, 0.717) is 6.61 Å². The topological polar surface area (TPSA) is 54.0 Å². The van der Waals surface area contributed by atoms with Gasteiger partial charge in [-0.05, 0) is 38.5 Å². The van der Waals surface area contributed by atoms with Crippen molar-refractivity contribution in [2.45, 2.75) is 56.1 Å². The summed E-state index contributed by atoms with van der Waals surface area (Å²) in [6, 6.07) is 1.19. The van der Waals surface area contributed by atoms with Crippen LogP contribution in [-0.2, 0) is 18.0 Å². The summed E-state index contributed by atoms with van der Waals surface area (Å²) in [5.74, 6) is 0. The monoisotopic (exact) mass is 302 g/mol. The highest BCUT2D eigenvalue weighted by atomic mass is 28.4. The number of cyclic esters (lactones) is 1. The molecule has 2 heterocycles. The molecule has 3 unspecified atom stereocenters. The molecule has 0 aromatic rings. The molecule has 3 rings (SSSR count). The van der Waals surface area contributed by atoms with Crippen molar-refractivity contribution < 1.29 is 22.8 Å². The van der Waals surface area contributed by atoms with Gasteiger partial charge in [-0.3, -0.25) is 0 Å². The summed E-state index contributed by atoms with van der Waals surface area (Å²) >= 11 is 0. The SMILES string of the molecule is C[Si]1(C)CCCCO[Si](C)(C2CC23COC(=O)O3)O1. The molecule has 19 heavy (non-hydrogen) atoms. The van der Waals surface area contributed by atoms with Gasteiger partial charge in [0.15, 0.2) is 13.9 Å². The Hall–Kier alpha value is -0.376. The normalized spacial score (nSPS) is 45.2. The molecule has 108 valence electrons. The maximum absolute atomic E-state index is 11.2. The largest absolute Gasteiger partial charge is 0.509 e. The lowest BCUT2D eigenvalue weighted by Gasteiger charge is -2.38. The van der Waals surface area contributed by atoms with Crippen LogP contribution >= 0.6 is 0 Å². The van der Waals surface area contributed by atoms with E-state index in [2.05, 4.69) is 19.6 Å². The Morgan fingerprint density at radius 1 is 1.26 bits per heavy atom. The van der Waals surface area contributed by atoms with Gasteiger partial charge in [0.05, 0.1) is 0 Å². The molecule has 1 spiro atoms. The molecule has 2 saturated heterocycles. The van der Waals surface area contributed by atoms with Gasteiger partial charge < -0.3 is 18.0 Å². The maximum Gasteiger partial charge on any atom is 0.509 e. The van der Waals surface area contributed by atoms with Gasteiger partial charge in [0.25, 0.3) is 0 Å². The Kier molecular flexibility index (Phi) is 3.08. The summed E-state index contributed by atoms with van der Waals surface area (Å²) in [6.45, 7) is 7.80. The second kappa shape index (κ2) is 4.31. The standard InChI is InChI=1S/C12H22O5Si2/c1-18(2)7-5-4-6-15-19(3,17-18)10-8-12(10)9-14-11(13)16-12/h10H,4-9H2,1-3H3. The number of hydrogen-bond donors (Lipinski definition) is 0. The summed E-state index contributed by atoms with van der Waals surface area (Å²) in [5, 5.41) is 0. The second-order valence-electron chi connectivity index (χ2n) is 6.65. The molecular formula is C12H22O5Si2. The molecule has 2 aliphatic heterocycles. The lowest BCUT2D eigenvalue weighted by molar-refractivity contribution is 0.109. The molecule has 1 aliphatic carbocycles. The molecule has 1 saturated carbocycles. The molecule has 3 fully saturated rings. The minimum Gasteiger partial charge on any atom is -0.436 e. The fourth-order valence-corrected chi connectivity index (χ4v) is 12.6. The predicted octanol–water partition coefficient (Wildman–Crippen LogP) is 2.77. The van der Waals surface area contributed by atoms with Crippen molar-refractivity contribution in [2.24, 2.45) is 0 Å². The Labute approximate surface area is 115 Å². The quantitative estimate of drug-likeness (QED) is 0.551. The number of hydrogen-bond acceptors (Lipinski definition) is 5. The Balaban J connectivity index is 1.76. The first-order valence-electron chi connectivity index (χ1n) is 7.05. The van der Waals surface area contributed by atoms with Crippen LogP contribution in [0.5, 0.6) is 0 Å². The molecule has 0 bridgehead atoms. The summed E-state index contributed by atoms with van der Waals surface area (Å²) in [4.78, 5) is 11.2. The molecule has 0 radical (unpaired) electrons. The summed E-state index contributed by atoms with van der Waals surface area (Å²) < 4.78 is 23.0. The molecule has 5 nitrogen and oxygen atoms in total. The van der Waals surface area contributed by atoms with E-state index in [1.807, 2.05) is 0 Å². The number of ether oxygens (including phenoxy) is 2. The Bertz CT molecular complexity index is 402. The van der Waals surface area contributed by atoms with E-state index in [1.165, 1.54) is 12.5 Å². The lowest BCUT2D eigenvalue weighted by Crippen LogP contribution is -2.52. The van der Waals surface area contributed by atoms with Gasteiger partial charge in [0, 0.05) is 12.1 Å². The van der Waals surface area contributed by atoms with Crippen molar-refractivity contribution >= 4 is 23.0 Å². The fraction of sp³-hybridized carbons (Fsp3) is 0.917. The second-order valence-corrected chi connectivity index (χ2v) is 14.5. The van der Waals surface area contributed by atoms with Gasteiger partial charge in [-0.1, -0.05) is 6.42 Å². The van der Waals surface area contributed by atoms with Crippen molar-refractivity contribution in [1.82, 2.24) is 0 Å². The first-order chi connectivity index (χ1) is 8.85. The van der Waals surface area contributed by atoms with E-state index in [4.69, 9.17) is 18.0 Å². The predicted molar refractivity (Wildman–Crippen MR) is 73.7 cm³/mol. The first kappa shape index (κ1) is 13.6. The number of rotatable bonds is 1. The minimum absolute atomic E-state index is 0.233. The smallest absolute Gasteiger partial charge is 0.436 e. The molecular weight excluding hydrogens is 280 g/mol. The van der Waals surface area contributed by atoms with Crippen LogP contribution in [0.3, 0.4) is 0 Å². The highest BCUT2D eigenvalue weighted by Crippen LogP contribution is 2.61. The third-order valence-corrected chi connectivity index (χ3v) is 12.6. The van der Waals surface area contributed by atoms with Gasteiger partial charge >= 0.3 is 14.7 Å². The molecule has 3 atom stereocenters. The van der Waals surface area contributed by atoms with Crippen molar-refractivity contribution in [3.8, 4) is 0 Å². The van der Waals surface area contributed by atoms with Crippen molar-refractivity contribution in [2.75, 3.05) is 13.2 Å². The van der Waals surface area contributed by atoms with Crippen LogP contribution in [0.2, 0.25) is 31.2 Å². The first-order valence-corrected chi connectivity index (χ1v) is 12.6. The van der Waals surface area contributed by atoms with Crippen molar-refractivity contribution in [1.29, 1.82) is 0 Å². The molecule has 0 amide bonds. The summed E-state index contributed by atoms with van der Waals surface area (Å²) in [5.41, 5.74) is -0.196. The maximum atomic E-state index is 11.2. The van der Waals surface area contributed by atoms with E-state index < -0.39 is 28.6 Å². The van der Waals surface area contributed by atoms with Crippen LogP contribution in [-0.4, -0.2) is 41.8 Å². The van der Waals surface area contributed by atoms with Crippen LogP contribution < -0.4 is 0 Å². The van der Waals surface area contributed by atoms with Crippen molar-refractivity contribution in [3.63, 3.8) is 0 Å². The Morgan fingerprint density at radius 2 is 2.05 bits per heavy atom. The zero-order valence-electron chi connectivity index (χ0n) is 11.9. The van der Waals surface area contributed by atoms with Crippen LogP contribution in [0.4, 0.5) is 4.79 Å². The van der Waals surface area contributed by atoms with Gasteiger partial charge in [-0.15, -0.1) is 0 Å². The van der Waals surface area contributed by atoms with E-state index in [9.17, 15) is 4.79 Å². The third kappa shape index (κ3) is 2.48. The fourth-order valence-electron chi connectivity index (χ4n) is 3.36. The van der Waals surface area contributed by atoms with E-state index in [0.717, 1.165) is 19.4 Å². The number of carbonyl (C=O) groups is 1. The molecule has 7 heteroatoms. The van der Waals surface area contributed by atoms with Gasteiger partial charge in [-0.2, -0.15) is 0 Å². The number of carbonyl (C=O) groups excluding carboxylic acids is 1. The zero-order valence-corrected chi connectivity index (χ0v) is 13.9. The average Bonchev–Trinajstić information content (AvgIpc) is 2.86. The van der Waals surface area contributed by atoms with Gasteiger partial charge in [-0.25, -0.2) is 4.79 Å². The molecule has 3 aliphatic rings. The van der Waals surface area contributed by atoms with E-state index in [-0.39, 0.29) is 5.54 Å². The average molecular weight is 302 g/mol. The van der Waals surface area contributed by atoms with Gasteiger partial charge in [0.1, 0.15) is 6.61 Å². The van der Waals surface area contributed by atoms with E-state index in [1.54, 1.807) is 0 Å². The van der Waals surface area contributed by atoms with E-state index >= 15 is 0 Å². The highest BCUT2D eigenvalue weighted by molar-refractivity contribution is 6.83. The van der Waals surface area contributed by atoms with Crippen LogP contribution in [0.25, 0.3) is 0 Å². The molecule has 0 aromatic carbocycles. The highest BCUT2D eigenvalue weighted by Gasteiger charge is 2.72. The van der Waals surface area contributed by atoms with Crippen LogP contribution in [0.15, 0.2) is 0 Å². The molecule has 0 N–H and O–H groups in total. The Morgan fingerprint density at radius 3 is 2.74 bits per heavy atom. The van der Waals surface area contributed by atoms with Crippen LogP contribution in [0.1, 0.15) is 19.3 Å². The lowest BCUT2D eigenvalue weighted by atomic mass is 10.4. The summed E-state index contributed by atoms with van der Waals surface area (Å²) in [7, 11) is -3.94. The van der Waals surface area contributed by atoms with Crippen LogP contribution in [0, 0.1) is 0 Å². The third-order valence-electron chi connectivity index (χ3n) is 4.42. The minimum atomic E-state index is -2.28. The van der Waals surface area contributed by atoms with Gasteiger partial charge in [0.2, 0.25) is 0 Å². The van der Waals surface area contributed by atoms with Crippen molar-refractivity contribution in [3.05, 3.63) is 0 Å². The summed E-state index contributed by atoms with van der Waals surface area (Å²) in [6.07, 6.45) is 2.60. The molecule has 0 aromatic heterocycles.